The molecule has 4 rings (SSSR count). The van der Waals surface area contributed by atoms with Gasteiger partial charge in [0.2, 0.25) is 0 Å². The van der Waals surface area contributed by atoms with Crippen molar-refractivity contribution in [1.82, 2.24) is 4.98 Å². The van der Waals surface area contributed by atoms with Crippen LogP contribution in [0.1, 0.15) is 29.3 Å². The molecular formula is C19H22N2O3S. The monoisotopic (exact) mass is 358 g/mol. The van der Waals surface area contributed by atoms with Gasteiger partial charge in [-0.25, -0.2) is 4.98 Å². The highest BCUT2D eigenvalue weighted by molar-refractivity contribution is 7.15. The highest BCUT2D eigenvalue weighted by Crippen LogP contribution is 2.62. The number of nitrogens with zero attached hydrogens (tertiary/aromatic N) is 1. The average Bonchev–Trinajstić information content (AvgIpc) is 2.89. The zero-order valence-electron chi connectivity index (χ0n) is 14.1. The van der Waals surface area contributed by atoms with E-state index in [1.807, 2.05) is 25.3 Å². The van der Waals surface area contributed by atoms with Gasteiger partial charge in [-0.05, 0) is 60.8 Å². The number of nitrogen functional groups attached to an aromatic ring is 1. The van der Waals surface area contributed by atoms with E-state index in [2.05, 4.69) is 11.1 Å². The molecular weight excluding hydrogens is 336 g/mol. The number of carboxylic acids is 1. The van der Waals surface area contributed by atoms with Crippen LogP contribution < -0.4 is 5.73 Å². The van der Waals surface area contributed by atoms with Gasteiger partial charge < -0.3 is 15.9 Å². The van der Waals surface area contributed by atoms with Crippen LogP contribution in [0.4, 0.5) is 5.69 Å². The quantitative estimate of drug-likeness (QED) is 0.714. The molecule has 4 N–H and O–H groups in total. The first-order valence-electron chi connectivity index (χ1n) is 8.65. The Morgan fingerprint density at radius 1 is 1.36 bits per heavy atom. The highest BCUT2D eigenvalue weighted by Gasteiger charge is 2.60. The molecule has 2 saturated carbocycles. The van der Waals surface area contributed by atoms with Crippen molar-refractivity contribution < 1.29 is 15.0 Å². The van der Waals surface area contributed by atoms with Crippen LogP contribution in [0.3, 0.4) is 0 Å². The van der Waals surface area contributed by atoms with Crippen LogP contribution in [0.15, 0.2) is 24.4 Å². The maximum absolute atomic E-state index is 11.1. The van der Waals surface area contributed by atoms with E-state index in [4.69, 9.17) is 10.8 Å². The van der Waals surface area contributed by atoms with E-state index in [0.29, 0.717) is 17.8 Å². The van der Waals surface area contributed by atoms with Gasteiger partial charge in [0.25, 0.3) is 0 Å². The summed E-state index contributed by atoms with van der Waals surface area (Å²) < 4.78 is 0. The predicted octanol–water partition coefficient (Wildman–Crippen LogP) is 3.13. The molecule has 0 bridgehead atoms. The average molecular weight is 358 g/mol. The number of hydrogen-bond donors (Lipinski definition) is 3. The summed E-state index contributed by atoms with van der Waals surface area (Å²) in [5.41, 5.74) is 8.84. The molecule has 0 amide bonds. The molecule has 25 heavy (non-hydrogen) atoms. The second kappa shape index (κ2) is 6.11. The number of aliphatic hydroxyl groups excluding tert-OH is 1. The number of thiazole rings is 1. The fourth-order valence-corrected chi connectivity index (χ4v) is 5.64. The number of anilines is 1. The second-order valence-electron chi connectivity index (χ2n) is 7.41. The molecule has 1 heterocycles. The van der Waals surface area contributed by atoms with Crippen molar-refractivity contribution >= 4 is 23.0 Å². The van der Waals surface area contributed by atoms with Crippen LogP contribution in [0, 0.1) is 30.6 Å². The molecule has 2 aliphatic carbocycles. The topological polar surface area (TPSA) is 96.4 Å². The smallest absolute Gasteiger partial charge is 0.307 e. The molecule has 2 aromatic rings. The molecule has 132 valence electrons. The molecule has 0 aliphatic heterocycles. The van der Waals surface area contributed by atoms with Gasteiger partial charge in [0.05, 0.1) is 22.4 Å². The van der Waals surface area contributed by atoms with Gasteiger partial charge in [0.1, 0.15) is 0 Å². The van der Waals surface area contributed by atoms with Crippen molar-refractivity contribution in [2.24, 2.45) is 23.7 Å². The van der Waals surface area contributed by atoms with Crippen LogP contribution >= 0.6 is 11.3 Å². The summed E-state index contributed by atoms with van der Waals surface area (Å²) in [6.45, 7) is 2.08. The summed E-state index contributed by atoms with van der Waals surface area (Å²) in [5, 5.41) is 20.0. The summed E-state index contributed by atoms with van der Waals surface area (Å²) >= 11 is 1.60. The van der Waals surface area contributed by atoms with Crippen molar-refractivity contribution in [3.8, 4) is 10.4 Å². The summed E-state index contributed by atoms with van der Waals surface area (Å²) in [6.07, 6.45) is 3.63. The second-order valence-corrected chi connectivity index (χ2v) is 8.47. The van der Waals surface area contributed by atoms with E-state index in [-0.39, 0.29) is 18.4 Å². The molecule has 3 atom stereocenters. The van der Waals surface area contributed by atoms with E-state index in [0.717, 1.165) is 39.5 Å². The molecule has 0 radical (unpaired) electrons. The lowest BCUT2D eigenvalue weighted by molar-refractivity contribution is -0.139. The number of rotatable bonds is 5. The molecule has 1 aromatic carbocycles. The first kappa shape index (κ1) is 16.5. The van der Waals surface area contributed by atoms with E-state index >= 15 is 0 Å². The minimum atomic E-state index is -0.664. The number of hydrogen-bond acceptors (Lipinski definition) is 5. The first-order chi connectivity index (χ1) is 12.0. The van der Waals surface area contributed by atoms with E-state index < -0.39 is 5.97 Å². The lowest BCUT2D eigenvalue weighted by Crippen LogP contribution is -2.18. The number of aromatic nitrogens is 1. The molecule has 1 aromatic heterocycles. The normalized spacial score (nSPS) is 28.6. The number of aryl methyl sites for hydroxylation is 1. The Hall–Kier alpha value is -1.92. The Morgan fingerprint density at radius 3 is 2.68 bits per heavy atom. The standard InChI is InChI=1S/C19H22N2O3S/c1-9-2-11(4-12(20)3-9)16-7-21-18(25-16)15(8-22)10-5-13-14(6-10)17(13)19(23)24/h2-4,7,10,13-15,17,22H,5-6,8,20H2,1H3,(H,23,24). The lowest BCUT2D eigenvalue weighted by atomic mass is 9.87. The SMILES string of the molecule is Cc1cc(N)cc(-c2cnc(C(CO)C3CC4C(C3)C4C(=O)O)s2)c1. The summed E-state index contributed by atoms with van der Waals surface area (Å²) in [4.78, 5) is 16.8. The third-order valence-electron chi connectivity index (χ3n) is 5.76. The summed E-state index contributed by atoms with van der Waals surface area (Å²) in [7, 11) is 0. The van der Waals surface area contributed by atoms with Gasteiger partial charge in [-0.15, -0.1) is 11.3 Å². The fraction of sp³-hybridized carbons (Fsp3) is 0.474. The maximum atomic E-state index is 11.1. The van der Waals surface area contributed by atoms with Crippen molar-refractivity contribution in [2.45, 2.75) is 25.7 Å². The Balaban J connectivity index is 1.52. The van der Waals surface area contributed by atoms with Crippen molar-refractivity contribution in [2.75, 3.05) is 12.3 Å². The number of carboxylic acid groups (broad SMARTS) is 1. The molecule has 0 spiro atoms. The van der Waals surface area contributed by atoms with Gasteiger partial charge >= 0.3 is 5.97 Å². The zero-order valence-corrected chi connectivity index (χ0v) is 14.9. The van der Waals surface area contributed by atoms with Gasteiger partial charge in [0.15, 0.2) is 0 Å². The van der Waals surface area contributed by atoms with Crippen molar-refractivity contribution in [3.63, 3.8) is 0 Å². The number of carbonyl (C=O) groups is 1. The maximum Gasteiger partial charge on any atom is 0.307 e. The number of aliphatic carboxylic acids is 1. The minimum absolute atomic E-state index is 0.00292. The van der Waals surface area contributed by atoms with Crippen LogP contribution in [-0.4, -0.2) is 27.8 Å². The summed E-state index contributed by atoms with van der Waals surface area (Å²) in [6, 6.07) is 5.97. The molecule has 3 unspecified atom stereocenters. The van der Waals surface area contributed by atoms with Gasteiger partial charge in [-0.2, -0.15) is 0 Å². The number of nitrogens with two attached hydrogens (primary N) is 1. The van der Waals surface area contributed by atoms with E-state index in [1.165, 1.54) is 0 Å². The Morgan fingerprint density at radius 2 is 2.08 bits per heavy atom. The van der Waals surface area contributed by atoms with Crippen LogP contribution in [0.2, 0.25) is 0 Å². The third kappa shape index (κ3) is 2.93. The minimum Gasteiger partial charge on any atom is -0.481 e. The van der Waals surface area contributed by atoms with Crippen LogP contribution in [-0.2, 0) is 4.79 Å². The lowest BCUT2D eigenvalue weighted by Gasteiger charge is -2.21. The fourth-order valence-electron chi connectivity index (χ4n) is 4.55. The molecule has 2 fully saturated rings. The Bertz CT molecular complexity index is 787. The molecule has 0 saturated heterocycles. The third-order valence-corrected chi connectivity index (χ3v) is 6.94. The number of benzene rings is 1. The number of aliphatic hydroxyl groups is 1. The van der Waals surface area contributed by atoms with Gasteiger partial charge in [0, 0.05) is 17.8 Å². The predicted molar refractivity (Wildman–Crippen MR) is 97.4 cm³/mol. The molecule has 6 heteroatoms. The van der Waals surface area contributed by atoms with E-state index in [1.54, 1.807) is 11.3 Å². The molecule has 2 aliphatic rings. The van der Waals surface area contributed by atoms with Crippen LogP contribution in [0.25, 0.3) is 10.4 Å². The van der Waals surface area contributed by atoms with Crippen molar-refractivity contribution in [1.29, 1.82) is 0 Å². The van der Waals surface area contributed by atoms with E-state index in [9.17, 15) is 9.90 Å². The summed E-state index contributed by atoms with van der Waals surface area (Å²) in [5.74, 6) is 0.112. The highest BCUT2D eigenvalue weighted by atomic mass is 32.1. The van der Waals surface area contributed by atoms with Gasteiger partial charge in [-0.1, -0.05) is 6.07 Å². The molecule has 5 nitrogen and oxygen atoms in total. The van der Waals surface area contributed by atoms with Gasteiger partial charge in [-0.3, -0.25) is 4.79 Å². The number of fused-ring (bicyclic) bond motifs is 1. The van der Waals surface area contributed by atoms with Crippen LogP contribution in [0.5, 0.6) is 0 Å². The zero-order chi connectivity index (χ0) is 17.7. The van der Waals surface area contributed by atoms with Crippen molar-refractivity contribution in [3.05, 3.63) is 35.0 Å². The largest absolute Gasteiger partial charge is 0.481 e. The Kier molecular flexibility index (Phi) is 4.04. The first-order valence-corrected chi connectivity index (χ1v) is 9.46. The Labute approximate surface area is 150 Å².